The third-order valence-electron chi connectivity index (χ3n) is 5.38. The smallest absolute Gasteiger partial charge is 0.251 e. The number of aromatic amines is 1. The minimum atomic E-state index is -0.648. The Labute approximate surface area is 190 Å². The number of aliphatic hydroxyl groups is 1. The highest BCUT2D eigenvalue weighted by Gasteiger charge is 2.22. The van der Waals surface area contributed by atoms with E-state index in [2.05, 4.69) is 20.2 Å². The number of aliphatic hydroxyl groups excluding tert-OH is 1. The summed E-state index contributed by atoms with van der Waals surface area (Å²) in [7, 11) is 0. The molecule has 0 saturated carbocycles. The lowest BCUT2D eigenvalue weighted by Crippen LogP contribution is -2.45. The van der Waals surface area contributed by atoms with Crippen LogP contribution in [0.1, 0.15) is 23.2 Å². The van der Waals surface area contributed by atoms with Crippen LogP contribution >= 0.6 is 23.2 Å². The van der Waals surface area contributed by atoms with Gasteiger partial charge in [0.05, 0.1) is 33.5 Å². The fourth-order valence-electron chi connectivity index (χ4n) is 3.70. The lowest BCUT2D eigenvalue weighted by molar-refractivity contribution is 0.0594. The number of carbonyl (C=O) groups is 1. The molecule has 0 spiro atoms. The highest BCUT2D eigenvalue weighted by molar-refractivity contribution is 6.42. The first-order valence-electron chi connectivity index (χ1n) is 10.2. The molecule has 1 aliphatic rings. The molecule has 4 rings (SSSR count). The van der Waals surface area contributed by atoms with Crippen molar-refractivity contribution >= 4 is 40.1 Å². The van der Waals surface area contributed by atoms with Crippen LogP contribution in [0, 0.1) is 0 Å². The van der Waals surface area contributed by atoms with Crippen molar-refractivity contribution in [1.82, 2.24) is 20.2 Å². The standard InChI is InChI=1S/C22H24Cl2N4O3/c23-18-3-2-17(10-19(18)24)31-16-5-7-28(8-6-16)12-15(29)11-25-22(30)14-1-4-20-21(9-14)27-13-26-20/h1-4,9-10,13,15-16,29H,5-8,11-12H2,(H,25,30)(H,26,27)/t15-/m1/s1. The maximum Gasteiger partial charge on any atom is 0.251 e. The molecule has 2 aromatic carbocycles. The summed E-state index contributed by atoms with van der Waals surface area (Å²) in [5, 5.41) is 14.1. The lowest BCUT2D eigenvalue weighted by atomic mass is 10.1. The summed E-state index contributed by atoms with van der Waals surface area (Å²) in [6, 6.07) is 10.6. The van der Waals surface area contributed by atoms with E-state index < -0.39 is 6.10 Å². The average molecular weight is 463 g/mol. The first-order valence-corrected chi connectivity index (χ1v) is 11.0. The molecule has 0 bridgehead atoms. The Morgan fingerprint density at radius 3 is 2.81 bits per heavy atom. The normalized spacial score (nSPS) is 16.4. The van der Waals surface area contributed by atoms with Gasteiger partial charge in [0.1, 0.15) is 11.9 Å². The van der Waals surface area contributed by atoms with Crippen molar-refractivity contribution in [3.8, 4) is 5.75 Å². The quantitative estimate of drug-likeness (QED) is 0.499. The summed E-state index contributed by atoms with van der Waals surface area (Å²) in [6.45, 7) is 2.31. The van der Waals surface area contributed by atoms with Gasteiger partial charge in [-0.1, -0.05) is 23.2 Å². The SMILES string of the molecule is O=C(NC[C@@H](O)CN1CCC(Oc2ccc(Cl)c(Cl)c2)CC1)c1ccc2[nH]cnc2c1. The largest absolute Gasteiger partial charge is 0.490 e. The molecule has 2 heterocycles. The molecule has 1 saturated heterocycles. The molecule has 1 fully saturated rings. The Bertz CT molecular complexity index is 1050. The zero-order valence-corrected chi connectivity index (χ0v) is 18.4. The van der Waals surface area contributed by atoms with E-state index in [0.29, 0.717) is 27.9 Å². The summed E-state index contributed by atoms with van der Waals surface area (Å²) in [5.74, 6) is 0.487. The Balaban J connectivity index is 1.19. The fourth-order valence-corrected chi connectivity index (χ4v) is 3.99. The first kappa shape index (κ1) is 21.9. The van der Waals surface area contributed by atoms with Crippen LogP contribution in [0.3, 0.4) is 0 Å². The van der Waals surface area contributed by atoms with Gasteiger partial charge in [0.2, 0.25) is 0 Å². The molecule has 164 valence electrons. The van der Waals surface area contributed by atoms with E-state index in [1.54, 1.807) is 30.6 Å². The van der Waals surface area contributed by atoms with E-state index in [-0.39, 0.29) is 18.6 Å². The topological polar surface area (TPSA) is 90.5 Å². The van der Waals surface area contributed by atoms with Crippen LogP contribution < -0.4 is 10.1 Å². The Morgan fingerprint density at radius 2 is 2.03 bits per heavy atom. The number of carbonyl (C=O) groups excluding carboxylic acids is 1. The second-order valence-corrected chi connectivity index (χ2v) is 8.51. The van der Waals surface area contributed by atoms with Crippen molar-refractivity contribution in [3.63, 3.8) is 0 Å². The number of hydrogen-bond acceptors (Lipinski definition) is 5. The van der Waals surface area contributed by atoms with Crippen LogP contribution in [0.2, 0.25) is 10.0 Å². The monoisotopic (exact) mass is 462 g/mol. The predicted molar refractivity (Wildman–Crippen MR) is 121 cm³/mol. The van der Waals surface area contributed by atoms with E-state index in [1.807, 2.05) is 12.1 Å². The number of β-amino-alcohol motifs (C(OH)–C–C–N with tert-alkyl or cyclic N) is 1. The number of nitrogens with zero attached hydrogens (tertiary/aromatic N) is 2. The van der Waals surface area contributed by atoms with E-state index in [1.165, 1.54) is 0 Å². The number of amides is 1. The van der Waals surface area contributed by atoms with Crippen LogP contribution in [0.5, 0.6) is 5.75 Å². The molecular formula is C22H24Cl2N4O3. The third kappa shape index (κ3) is 5.68. The van der Waals surface area contributed by atoms with Crippen LogP contribution in [0.15, 0.2) is 42.7 Å². The summed E-state index contributed by atoms with van der Waals surface area (Å²) >= 11 is 12.0. The lowest BCUT2D eigenvalue weighted by Gasteiger charge is -2.33. The van der Waals surface area contributed by atoms with Crippen molar-refractivity contribution in [3.05, 3.63) is 58.3 Å². The van der Waals surface area contributed by atoms with E-state index in [4.69, 9.17) is 27.9 Å². The number of likely N-dealkylation sites (tertiary alicyclic amines) is 1. The second-order valence-electron chi connectivity index (χ2n) is 7.69. The van der Waals surface area contributed by atoms with Gasteiger partial charge in [0.25, 0.3) is 5.91 Å². The zero-order valence-electron chi connectivity index (χ0n) is 16.9. The minimum Gasteiger partial charge on any atom is -0.490 e. The highest BCUT2D eigenvalue weighted by Crippen LogP contribution is 2.28. The second kappa shape index (κ2) is 9.87. The maximum atomic E-state index is 12.4. The van der Waals surface area contributed by atoms with Gasteiger partial charge in [-0.05, 0) is 43.2 Å². The van der Waals surface area contributed by atoms with Gasteiger partial charge in [-0.25, -0.2) is 4.98 Å². The van der Waals surface area contributed by atoms with Gasteiger partial charge in [0, 0.05) is 37.8 Å². The highest BCUT2D eigenvalue weighted by atomic mass is 35.5. The average Bonchev–Trinajstić information content (AvgIpc) is 3.24. The number of nitrogens with one attached hydrogen (secondary N) is 2. The van der Waals surface area contributed by atoms with Gasteiger partial charge >= 0.3 is 0 Å². The first-order chi connectivity index (χ1) is 15.0. The van der Waals surface area contributed by atoms with E-state index in [0.717, 1.165) is 37.0 Å². The molecule has 3 aromatic rings. The summed E-state index contributed by atoms with van der Waals surface area (Å²) < 4.78 is 6.00. The zero-order chi connectivity index (χ0) is 21.8. The Kier molecular flexibility index (Phi) is 6.97. The number of H-pyrrole nitrogens is 1. The van der Waals surface area contributed by atoms with Crippen molar-refractivity contribution in [1.29, 1.82) is 0 Å². The Hall–Kier alpha value is -2.32. The number of aromatic nitrogens is 2. The number of piperidine rings is 1. The van der Waals surface area contributed by atoms with Crippen molar-refractivity contribution < 1.29 is 14.6 Å². The van der Waals surface area contributed by atoms with Crippen molar-refractivity contribution in [2.45, 2.75) is 25.0 Å². The number of benzene rings is 2. The number of halogens is 2. The predicted octanol–water partition coefficient (Wildman–Crippen LogP) is 3.50. The van der Waals surface area contributed by atoms with Crippen molar-refractivity contribution in [2.75, 3.05) is 26.2 Å². The van der Waals surface area contributed by atoms with Crippen LogP contribution in [-0.2, 0) is 0 Å². The molecule has 7 nitrogen and oxygen atoms in total. The van der Waals surface area contributed by atoms with Crippen LogP contribution in [0.25, 0.3) is 11.0 Å². The van der Waals surface area contributed by atoms with Crippen LogP contribution in [0.4, 0.5) is 0 Å². The molecule has 0 unspecified atom stereocenters. The number of ether oxygens (including phenoxy) is 1. The molecule has 0 radical (unpaired) electrons. The molecule has 1 aromatic heterocycles. The molecule has 3 N–H and O–H groups in total. The summed E-state index contributed by atoms with van der Waals surface area (Å²) in [6.07, 6.45) is 2.74. The minimum absolute atomic E-state index is 0.0993. The van der Waals surface area contributed by atoms with E-state index in [9.17, 15) is 9.90 Å². The van der Waals surface area contributed by atoms with Gasteiger partial charge in [-0.2, -0.15) is 0 Å². The molecule has 1 atom stereocenters. The summed E-state index contributed by atoms with van der Waals surface area (Å²) in [4.78, 5) is 21.7. The molecular weight excluding hydrogens is 439 g/mol. The fraction of sp³-hybridized carbons (Fsp3) is 0.364. The third-order valence-corrected chi connectivity index (χ3v) is 6.12. The molecule has 9 heteroatoms. The molecule has 0 aliphatic carbocycles. The molecule has 1 aliphatic heterocycles. The molecule has 31 heavy (non-hydrogen) atoms. The van der Waals surface area contributed by atoms with Crippen LogP contribution in [-0.4, -0.2) is 64.3 Å². The van der Waals surface area contributed by atoms with E-state index >= 15 is 0 Å². The number of rotatable bonds is 7. The van der Waals surface area contributed by atoms with Gasteiger partial charge < -0.3 is 25.0 Å². The maximum absolute atomic E-state index is 12.4. The van der Waals surface area contributed by atoms with Gasteiger partial charge in [-0.3, -0.25) is 4.79 Å². The number of imidazole rings is 1. The molecule has 1 amide bonds. The summed E-state index contributed by atoms with van der Waals surface area (Å²) in [5.41, 5.74) is 2.13. The Morgan fingerprint density at radius 1 is 1.23 bits per heavy atom. The van der Waals surface area contributed by atoms with Gasteiger partial charge in [-0.15, -0.1) is 0 Å². The number of fused-ring (bicyclic) bond motifs is 1. The van der Waals surface area contributed by atoms with Crippen molar-refractivity contribution in [2.24, 2.45) is 0 Å². The van der Waals surface area contributed by atoms with Gasteiger partial charge in [0.15, 0.2) is 0 Å². The number of hydrogen-bond donors (Lipinski definition) is 3.